The number of nitrogens with one attached hydrogen (secondary N) is 1. The van der Waals surface area contributed by atoms with Gasteiger partial charge in [-0.2, -0.15) is 11.8 Å². The van der Waals surface area contributed by atoms with Gasteiger partial charge < -0.3 is 14.5 Å². The maximum Gasteiger partial charge on any atom is 0.337 e. The molecule has 24 heavy (non-hydrogen) atoms. The summed E-state index contributed by atoms with van der Waals surface area (Å²) in [6.45, 7) is 3.85. The van der Waals surface area contributed by atoms with Crippen LogP contribution in [0.4, 0.5) is 0 Å². The lowest BCUT2D eigenvalue weighted by Gasteiger charge is -2.22. The van der Waals surface area contributed by atoms with Gasteiger partial charge in [0.1, 0.15) is 11.3 Å². The van der Waals surface area contributed by atoms with E-state index in [-0.39, 0.29) is 18.1 Å². The van der Waals surface area contributed by atoms with E-state index in [1.165, 1.54) is 6.07 Å². The van der Waals surface area contributed by atoms with Gasteiger partial charge in [-0.15, -0.1) is 0 Å². The number of rotatable bonds is 4. The zero-order valence-electron chi connectivity index (χ0n) is 13.8. The van der Waals surface area contributed by atoms with Crippen LogP contribution in [0.3, 0.4) is 0 Å². The summed E-state index contributed by atoms with van der Waals surface area (Å²) in [5, 5.41) is 3.66. The lowest BCUT2D eigenvalue weighted by Crippen LogP contribution is -2.37. The van der Waals surface area contributed by atoms with Crippen molar-refractivity contribution in [1.29, 1.82) is 0 Å². The summed E-state index contributed by atoms with van der Waals surface area (Å²) < 4.78 is 10.9. The summed E-state index contributed by atoms with van der Waals surface area (Å²) in [4.78, 5) is 24.5. The molecule has 1 aliphatic heterocycles. The van der Waals surface area contributed by atoms with Gasteiger partial charge in [-0.05, 0) is 50.3 Å². The number of hydrogen-bond acceptors (Lipinski definition) is 5. The first-order chi connectivity index (χ1) is 11.5. The Morgan fingerprint density at radius 2 is 2.04 bits per heavy atom. The van der Waals surface area contributed by atoms with E-state index in [4.69, 9.17) is 9.15 Å². The number of amides is 1. The lowest BCUT2D eigenvalue weighted by atomic mass is 10.1. The van der Waals surface area contributed by atoms with Crippen LogP contribution in [0, 0.1) is 0 Å². The van der Waals surface area contributed by atoms with Crippen LogP contribution >= 0.6 is 11.8 Å². The fraction of sp³-hybridized carbons (Fsp3) is 0.444. The van der Waals surface area contributed by atoms with Crippen LogP contribution < -0.4 is 15.7 Å². The summed E-state index contributed by atoms with van der Waals surface area (Å²) in [5.41, 5.74) is 0.189. The van der Waals surface area contributed by atoms with E-state index < -0.39 is 5.63 Å². The average Bonchev–Trinajstić information content (AvgIpc) is 2.54. The Balaban J connectivity index is 1.91. The highest BCUT2D eigenvalue weighted by Crippen LogP contribution is 2.24. The Bertz CT molecular complexity index is 793. The monoisotopic (exact) mass is 347 g/mol. The third-order valence-electron chi connectivity index (χ3n) is 3.89. The summed E-state index contributed by atoms with van der Waals surface area (Å²) in [7, 11) is 0. The number of thioether (sulfide) groups is 1. The number of fused-ring (bicyclic) bond motifs is 1. The molecular formula is C18H21NO4S. The van der Waals surface area contributed by atoms with Crippen molar-refractivity contribution >= 4 is 28.6 Å². The minimum Gasteiger partial charge on any atom is -0.491 e. The predicted octanol–water partition coefficient (Wildman–Crippen LogP) is 3.21. The van der Waals surface area contributed by atoms with Gasteiger partial charge in [-0.25, -0.2) is 4.79 Å². The molecule has 1 saturated heterocycles. The number of ether oxygens (including phenoxy) is 1. The van der Waals surface area contributed by atoms with Gasteiger partial charge in [-0.3, -0.25) is 4.79 Å². The standard InChI is InChI=1S/C18H21NO4S/c1-11(2)22-13-3-4-14-15(10-17(20)23-16(14)9-13)18(21)19-12-5-7-24-8-6-12/h3-4,9-12H,5-8H2,1-2H3,(H,19,21). The van der Waals surface area contributed by atoms with Crippen molar-refractivity contribution in [3.63, 3.8) is 0 Å². The molecule has 0 radical (unpaired) electrons. The van der Waals surface area contributed by atoms with Crippen LogP contribution in [0.2, 0.25) is 0 Å². The third-order valence-corrected chi connectivity index (χ3v) is 4.94. The molecule has 1 N–H and O–H groups in total. The van der Waals surface area contributed by atoms with Gasteiger partial charge in [0.15, 0.2) is 0 Å². The fourth-order valence-corrected chi connectivity index (χ4v) is 3.89. The van der Waals surface area contributed by atoms with Gasteiger partial charge in [0, 0.05) is 23.6 Å². The van der Waals surface area contributed by atoms with E-state index in [1.807, 2.05) is 25.6 Å². The maximum atomic E-state index is 12.6. The second-order valence-electron chi connectivity index (χ2n) is 6.16. The normalized spacial score (nSPS) is 15.6. The van der Waals surface area contributed by atoms with Crippen LogP contribution in [0.15, 0.2) is 33.5 Å². The maximum absolute atomic E-state index is 12.6. The number of benzene rings is 1. The Hall–Kier alpha value is -1.95. The molecule has 0 spiro atoms. The molecule has 2 aromatic rings. The topological polar surface area (TPSA) is 68.5 Å². The van der Waals surface area contributed by atoms with Crippen LogP contribution in [0.1, 0.15) is 37.0 Å². The Morgan fingerprint density at radius 3 is 2.75 bits per heavy atom. The first kappa shape index (κ1) is 16.9. The van der Waals surface area contributed by atoms with Gasteiger partial charge >= 0.3 is 5.63 Å². The first-order valence-corrected chi connectivity index (χ1v) is 9.31. The van der Waals surface area contributed by atoms with E-state index >= 15 is 0 Å². The Morgan fingerprint density at radius 1 is 1.29 bits per heavy atom. The summed E-state index contributed by atoms with van der Waals surface area (Å²) in [6.07, 6.45) is 1.94. The smallest absolute Gasteiger partial charge is 0.337 e. The van der Waals surface area contributed by atoms with Gasteiger partial charge in [0.25, 0.3) is 5.91 Å². The van der Waals surface area contributed by atoms with Gasteiger partial charge in [-0.1, -0.05) is 0 Å². The first-order valence-electron chi connectivity index (χ1n) is 8.16. The zero-order chi connectivity index (χ0) is 17.1. The van der Waals surface area contributed by atoms with E-state index in [2.05, 4.69) is 5.32 Å². The van der Waals surface area contributed by atoms with E-state index in [0.717, 1.165) is 24.3 Å². The Kier molecular flexibility index (Phi) is 5.14. The second kappa shape index (κ2) is 7.30. The number of carbonyl (C=O) groups excluding carboxylic acids is 1. The fourth-order valence-electron chi connectivity index (χ4n) is 2.78. The zero-order valence-corrected chi connectivity index (χ0v) is 14.7. The van der Waals surface area contributed by atoms with Crippen molar-refractivity contribution in [3.05, 3.63) is 40.2 Å². The number of carbonyl (C=O) groups is 1. The van der Waals surface area contributed by atoms with Crippen molar-refractivity contribution in [3.8, 4) is 5.75 Å². The molecule has 1 aliphatic rings. The van der Waals surface area contributed by atoms with E-state index in [9.17, 15) is 9.59 Å². The number of hydrogen-bond donors (Lipinski definition) is 1. The molecule has 5 nitrogen and oxygen atoms in total. The molecular weight excluding hydrogens is 326 g/mol. The summed E-state index contributed by atoms with van der Waals surface area (Å²) in [5.74, 6) is 2.50. The van der Waals surface area contributed by atoms with Crippen molar-refractivity contribution in [1.82, 2.24) is 5.32 Å². The molecule has 1 fully saturated rings. The highest BCUT2D eigenvalue weighted by atomic mass is 32.2. The molecule has 1 aromatic heterocycles. The third kappa shape index (κ3) is 3.93. The minimum absolute atomic E-state index is 0.0184. The van der Waals surface area contributed by atoms with Crippen LogP contribution in [-0.4, -0.2) is 29.6 Å². The highest BCUT2D eigenvalue weighted by Gasteiger charge is 2.19. The minimum atomic E-state index is -0.534. The molecule has 3 rings (SSSR count). The van der Waals surface area contributed by atoms with Crippen LogP contribution in [0.25, 0.3) is 11.0 Å². The summed E-state index contributed by atoms with van der Waals surface area (Å²) in [6, 6.07) is 6.64. The molecule has 0 bridgehead atoms. The highest BCUT2D eigenvalue weighted by molar-refractivity contribution is 7.99. The molecule has 0 saturated carbocycles. The molecule has 1 amide bonds. The van der Waals surface area contributed by atoms with Crippen molar-refractivity contribution < 1.29 is 13.9 Å². The average molecular weight is 347 g/mol. The van der Waals surface area contributed by atoms with Crippen LogP contribution in [-0.2, 0) is 0 Å². The molecule has 128 valence electrons. The summed E-state index contributed by atoms with van der Waals surface area (Å²) >= 11 is 1.90. The second-order valence-corrected chi connectivity index (χ2v) is 7.39. The molecule has 6 heteroatoms. The molecule has 0 unspecified atom stereocenters. The lowest BCUT2D eigenvalue weighted by molar-refractivity contribution is 0.0936. The quantitative estimate of drug-likeness (QED) is 0.860. The van der Waals surface area contributed by atoms with E-state index in [0.29, 0.717) is 22.3 Å². The van der Waals surface area contributed by atoms with Gasteiger partial charge in [0.05, 0.1) is 11.7 Å². The molecule has 1 aromatic carbocycles. The van der Waals surface area contributed by atoms with Crippen molar-refractivity contribution in [2.24, 2.45) is 0 Å². The molecule has 0 atom stereocenters. The molecule has 2 heterocycles. The van der Waals surface area contributed by atoms with Crippen LogP contribution in [0.5, 0.6) is 5.75 Å². The molecule has 0 aliphatic carbocycles. The van der Waals surface area contributed by atoms with Crippen molar-refractivity contribution in [2.75, 3.05) is 11.5 Å². The predicted molar refractivity (Wildman–Crippen MR) is 96.1 cm³/mol. The largest absolute Gasteiger partial charge is 0.491 e. The van der Waals surface area contributed by atoms with Crippen molar-refractivity contribution in [2.45, 2.75) is 38.8 Å². The SMILES string of the molecule is CC(C)Oc1ccc2c(C(=O)NC3CCSCC3)cc(=O)oc2c1. The van der Waals surface area contributed by atoms with E-state index in [1.54, 1.807) is 18.2 Å². The Labute approximate surface area is 144 Å². The van der Waals surface area contributed by atoms with Gasteiger partial charge in [0.2, 0.25) is 0 Å².